The molecular weight excluding hydrogens is 224 g/mol. The minimum Gasteiger partial charge on any atom is -0.395 e. The van der Waals surface area contributed by atoms with E-state index >= 15 is 0 Å². The highest BCUT2D eigenvalue weighted by Crippen LogP contribution is 2.24. The molecule has 1 aromatic carbocycles. The van der Waals surface area contributed by atoms with Crippen molar-refractivity contribution in [1.82, 2.24) is 0 Å². The summed E-state index contributed by atoms with van der Waals surface area (Å²) in [6.07, 6.45) is 0.361. The van der Waals surface area contributed by atoms with Gasteiger partial charge in [-0.1, -0.05) is 6.92 Å². The molecule has 15 heavy (non-hydrogen) atoms. The SMILES string of the molecule is CCCS(=O)(=O)c1cc(F)cc(F)c1N. The Kier molecular flexibility index (Phi) is 3.28. The van der Waals surface area contributed by atoms with Gasteiger partial charge < -0.3 is 5.73 Å². The van der Waals surface area contributed by atoms with Crippen LogP contribution in [0, 0.1) is 11.6 Å². The number of rotatable bonds is 3. The minimum absolute atomic E-state index is 0.180. The second kappa shape index (κ2) is 4.14. The normalized spacial score (nSPS) is 11.7. The molecule has 0 spiro atoms. The van der Waals surface area contributed by atoms with E-state index in [1.165, 1.54) is 0 Å². The van der Waals surface area contributed by atoms with Crippen LogP contribution in [0.15, 0.2) is 17.0 Å². The maximum Gasteiger partial charge on any atom is 0.180 e. The Labute approximate surface area is 86.8 Å². The first kappa shape index (κ1) is 11.9. The van der Waals surface area contributed by atoms with Crippen LogP contribution in [-0.4, -0.2) is 14.2 Å². The molecule has 0 unspecified atom stereocenters. The molecule has 0 atom stereocenters. The molecule has 0 saturated heterocycles. The summed E-state index contributed by atoms with van der Waals surface area (Å²) in [5.41, 5.74) is 4.72. The lowest BCUT2D eigenvalue weighted by Gasteiger charge is -2.07. The highest BCUT2D eigenvalue weighted by Gasteiger charge is 2.20. The molecule has 6 heteroatoms. The van der Waals surface area contributed by atoms with Crippen LogP contribution in [0.4, 0.5) is 14.5 Å². The van der Waals surface area contributed by atoms with Crippen molar-refractivity contribution in [3.8, 4) is 0 Å². The first-order chi connectivity index (χ1) is 6.88. The molecular formula is C9H11F2NO2S. The molecule has 1 aromatic rings. The van der Waals surface area contributed by atoms with Crippen molar-refractivity contribution in [3.63, 3.8) is 0 Å². The van der Waals surface area contributed by atoms with E-state index < -0.39 is 32.1 Å². The molecule has 0 heterocycles. The second-order valence-electron chi connectivity index (χ2n) is 3.12. The summed E-state index contributed by atoms with van der Waals surface area (Å²) in [5, 5.41) is 0. The van der Waals surface area contributed by atoms with Crippen molar-refractivity contribution in [2.24, 2.45) is 0 Å². The van der Waals surface area contributed by atoms with Crippen molar-refractivity contribution in [1.29, 1.82) is 0 Å². The lowest BCUT2D eigenvalue weighted by atomic mass is 10.3. The van der Waals surface area contributed by atoms with E-state index in [-0.39, 0.29) is 5.75 Å². The van der Waals surface area contributed by atoms with Crippen LogP contribution >= 0.6 is 0 Å². The zero-order chi connectivity index (χ0) is 11.6. The zero-order valence-corrected chi connectivity index (χ0v) is 8.94. The molecule has 0 aromatic heterocycles. The van der Waals surface area contributed by atoms with Gasteiger partial charge in [0, 0.05) is 6.07 Å². The first-order valence-corrected chi connectivity index (χ1v) is 6.01. The Bertz CT molecular complexity index is 471. The highest BCUT2D eigenvalue weighted by molar-refractivity contribution is 7.91. The Morgan fingerprint density at radius 2 is 1.93 bits per heavy atom. The van der Waals surface area contributed by atoms with Crippen LogP contribution in [0.2, 0.25) is 0 Å². The average molecular weight is 235 g/mol. The molecule has 2 N–H and O–H groups in total. The third-order valence-corrected chi connectivity index (χ3v) is 3.82. The number of sulfone groups is 1. The number of nitrogens with two attached hydrogens (primary N) is 1. The number of hydrogen-bond acceptors (Lipinski definition) is 3. The fourth-order valence-electron chi connectivity index (χ4n) is 1.20. The number of benzene rings is 1. The third-order valence-electron chi connectivity index (χ3n) is 1.86. The van der Waals surface area contributed by atoms with Crippen LogP contribution in [-0.2, 0) is 9.84 Å². The van der Waals surface area contributed by atoms with E-state index in [9.17, 15) is 17.2 Å². The predicted molar refractivity (Wildman–Crippen MR) is 53.1 cm³/mol. The van der Waals surface area contributed by atoms with Crippen molar-refractivity contribution in [3.05, 3.63) is 23.8 Å². The van der Waals surface area contributed by atoms with Crippen LogP contribution in [0.5, 0.6) is 0 Å². The summed E-state index contributed by atoms with van der Waals surface area (Å²) in [6.45, 7) is 1.66. The van der Waals surface area contributed by atoms with E-state index in [0.717, 1.165) is 6.07 Å². The largest absolute Gasteiger partial charge is 0.395 e. The Hall–Kier alpha value is -1.17. The van der Waals surface area contributed by atoms with Crippen molar-refractivity contribution in [2.45, 2.75) is 18.2 Å². The van der Waals surface area contributed by atoms with E-state index in [2.05, 4.69) is 0 Å². The molecule has 0 fully saturated rings. The Balaban J connectivity index is 3.38. The smallest absolute Gasteiger partial charge is 0.180 e. The first-order valence-electron chi connectivity index (χ1n) is 4.35. The van der Waals surface area contributed by atoms with Gasteiger partial charge in [0.2, 0.25) is 0 Å². The second-order valence-corrected chi connectivity index (χ2v) is 5.20. The standard InChI is InChI=1S/C9H11F2NO2S/c1-2-3-15(13,14)8-5-6(10)4-7(11)9(8)12/h4-5H,2-3,12H2,1H3. The summed E-state index contributed by atoms with van der Waals surface area (Å²) in [6, 6.07) is 1.30. The van der Waals surface area contributed by atoms with Gasteiger partial charge in [0.15, 0.2) is 9.84 Å². The average Bonchev–Trinajstić information content (AvgIpc) is 2.11. The van der Waals surface area contributed by atoms with Gasteiger partial charge in [-0.15, -0.1) is 0 Å². The van der Waals surface area contributed by atoms with Gasteiger partial charge in [0.25, 0.3) is 0 Å². The van der Waals surface area contributed by atoms with Gasteiger partial charge in [-0.3, -0.25) is 0 Å². The molecule has 0 aliphatic heterocycles. The lowest BCUT2D eigenvalue weighted by molar-refractivity contribution is 0.570. The Morgan fingerprint density at radius 3 is 2.47 bits per heavy atom. The maximum atomic E-state index is 13.0. The summed E-state index contributed by atoms with van der Waals surface area (Å²) < 4.78 is 48.9. The number of halogens is 2. The van der Waals surface area contributed by atoms with Gasteiger partial charge >= 0.3 is 0 Å². The topological polar surface area (TPSA) is 60.2 Å². The highest BCUT2D eigenvalue weighted by atomic mass is 32.2. The molecule has 0 saturated carbocycles. The fraction of sp³-hybridized carbons (Fsp3) is 0.333. The summed E-state index contributed by atoms with van der Waals surface area (Å²) in [7, 11) is -3.69. The van der Waals surface area contributed by atoms with E-state index in [1.54, 1.807) is 6.92 Å². The van der Waals surface area contributed by atoms with Gasteiger partial charge in [0.05, 0.1) is 16.3 Å². The quantitative estimate of drug-likeness (QED) is 0.811. The van der Waals surface area contributed by atoms with E-state index in [4.69, 9.17) is 5.73 Å². The van der Waals surface area contributed by atoms with Crippen LogP contribution in [0.1, 0.15) is 13.3 Å². The monoisotopic (exact) mass is 235 g/mol. The Morgan fingerprint density at radius 1 is 1.33 bits per heavy atom. The molecule has 0 bridgehead atoms. The molecule has 0 amide bonds. The molecule has 0 aliphatic rings. The van der Waals surface area contributed by atoms with Gasteiger partial charge in [-0.05, 0) is 12.5 Å². The summed E-state index contributed by atoms with van der Waals surface area (Å²) in [4.78, 5) is -0.471. The predicted octanol–water partition coefficient (Wildman–Crippen LogP) is 1.73. The molecule has 3 nitrogen and oxygen atoms in total. The zero-order valence-electron chi connectivity index (χ0n) is 8.13. The van der Waals surface area contributed by atoms with Gasteiger partial charge in [0.1, 0.15) is 11.6 Å². The molecule has 1 rings (SSSR count). The lowest BCUT2D eigenvalue weighted by Crippen LogP contribution is -2.10. The molecule has 0 aliphatic carbocycles. The van der Waals surface area contributed by atoms with E-state index in [0.29, 0.717) is 12.5 Å². The van der Waals surface area contributed by atoms with Gasteiger partial charge in [-0.25, -0.2) is 17.2 Å². The number of hydrogen-bond donors (Lipinski definition) is 1. The number of anilines is 1. The van der Waals surface area contributed by atoms with Gasteiger partial charge in [-0.2, -0.15) is 0 Å². The molecule has 0 radical (unpaired) electrons. The third kappa shape index (κ3) is 2.44. The maximum absolute atomic E-state index is 13.0. The summed E-state index contributed by atoms with van der Waals surface area (Å²) in [5.74, 6) is -2.18. The van der Waals surface area contributed by atoms with Crippen LogP contribution < -0.4 is 5.73 Å². The minimum atomic E-state index is -3.69. The fourth-order valence-corrected chi connectivity index (χ4v) is 2.68. The van der Waals surface area contributed by atoms with Crippen molar-refractivity contribution >= 4 is 15.5 Å². The van der Waals surface area contributed by atoms with Crippen molar-refractivity contribution < 1.29 is 17.2 Å². The summed E-state index contributed by atoms with van der Waals surface area (Å²) >= 11 is 0. The van der Waals surface area contributed by atoms with Crippen molar-refractivity contribution in [2.75, 3.05) is 11.5 Å². The van der Waals surface area contributed by atoms with Crippen LogP contribution in [0.25, 0.3) is 0 Å². The number of nitrogen functional groups attached to an aromatic ring is 1. The molecule has 84 valence electrons. The van der Waals surface area contributed by atoms with Crippen LogP contribution in [0.3, 0.4) is 0 Å². The van der Waals surface area contributed by atoms with E-state index in [1.807, 2.05) is 0 Å².